The van der Waals surface area contributed by atoms with Crippen LogP contribution in [-0.4, -0.2) is 11.0 Å². The van der Waals surface area contributed by atoms with Crippen LogP contribution in [0.5, 0.6) is 0 Å². The third-order valence-electron chi connectivity index (χ3n) is 1.80. The van der Waals surface area contributed by atoms with Crippen molar-refractivity contribution in [1.29, 1.82) is 0 Å². The molecule has 0 radical (unpaired) electrons. The molecule has 0 amide bonds. The molecule has 1 nitrogen and oxygen atoms in total. The fourth-order valence-electron chi connectivity index (χ4n) is 1.03. The van der Waals surface area contributed by atoms with Gasteiger partial charge in [-0.3, -0.25) is 0 Å². The van der Waals surface area contributed by atoms with Gasteiger partial charge in [0.2, 0.25) is 0 Å². The molecule has 1 rings (SSSR count). The van der Waals surface area contributed by atoms with E-state index in [2.05, 4.69) is 0 Å². The Morgan fingerprint density at radius 2 is 1.53 bits per heavy atom. The smallest absolute Gasteiger partial charge is 0.274 e. The van der Waals surface area contributed by atoms with E-state index in [0.29, 0.717) is 19.1 Å². The molecule has 15 heavy (non-hydrogen) atoms. The summed E-state index contributed by atoms with van der Waals surface area (Å²) in [6.45, 7) is 0.386. The number of hydrogen-bond donors (Lipinski definition) is 1. The van der Waals surface area contributed by atoms with Crippen molar-refractivity contribution in [3.8, 4) is 0 Å². The maximum atomic E-state index is 12.6. The van der Waals surface area contributed by atoms with E-state index in [1.807, 2.05) is 0 Å². The molecule has 0 saturated carbocycles. The van der Waals surface area contributed by atoms with Gasteiger partial charge in [0, 0.05) is 6.92 Å². The molecule has 0 aromatic heterocycles. The standard InChI is InChI=1S/C9H7F5O/c1-9(13,14)8(15)4-2-5(10)7(12)6(11)3-4/h2-3,8,15H,1H3. The Morgan fingerprint density at radius 3 is 1.87 bits per heavy atom. The second-order valence-electron chi connectivity index (χ2n) is 3.16. The van der Waals surface area contributed by atoms with E-state index in [-0.39, 0.29) is 0 Å². The Kier molecular flexibility index (Phi) is 2.99. The normalized spacial score (nSPS) is 14.1. The maximum Gasteiger partial charge on any atom is 0.274 e. The molecule has 1 unspecified atom stereocenters. The molecule has 0 heterocycles. The lowest BCUT2D eigenvalue weighted by atomic mass is 10.0. The van der Waals surface area contributed by atoms with Crippen LogP contribution in [0.1, 0.15) is 18.6 Å². The number of hydrogen-bond acceptors (Lipinski definition) is 1. The summed E-state index contributed by atoms with van der Waals surface area (Å²) >= 11 is 0. The third kappa shape index (κ3) is 2.44. The molecule has 1 aromatic carbocycles. The van der Waals surface area contributed by atoms with Crippen LogP contribution in [-0.2, 0) is 0 Å². The SMILES string of the molecule is CC(F)(F)C(O)c1cc(F)c(F)c(F)c1. The van der Waals surface area contributed by atoms with Crippen LogP contribution < -0.4 is 0 Å². The minimum absolute atomic E-state index is 0.334. The first-order chi connectivity index (χ1) is 6.73. The molecule has 6 heteroatoms. The fourth-order valence-corrected chi connectivity index (χ4v) is 1.03. The molecule has 1 N–H and O–H groups in total. The number of rotatable bonds is 2. The summed E-state index contributed by atoms with van der Waals surface area (Å²) in [5.74, 6) is -8.55. The summed E-state index contributed by atoms with van der Waals surface area (Å²) in [7, 11) is 0. The Bertz CT molecular complexity index is 348. The quantitative estimate of drug-likeness (QED) is 0.607. The zero-order valence-corrected chi connectivity index (χ0v) is 7.57. The van der Waals surface area contributed by atoms with Crippen molar-refractivity contribution >= 4 is 0 Å². The summed E-state index contributed by atoms with van der Waals surface area (Å²) in [6.07, 6.45) is -2.37. The van der Waals surface area contributed by atoms with Gasteiger partial charge in [-0.1, -0.05) is 0 Å². The van der Waals surface area contributed by atoms with E-state index in [1.165, 1.54) is 0 Å². The Balaban J connectivity index is 3.17. The summed E-state index contributed by atoms with van der Waals surface area (Å²) in [5, 5.41) is 8.99. The van der Waals surface area contributed by atoms with Crippen molar-refractivity contribution in [3.63, 3.8) is 0 Å². The number of aliphatic hydroxyl groups excluding tert-OH is 1. The van der Waals surface area contributed by atoms with Gasteiger partial charge in [0.05, 0.1) is 0 Å². The summed E-state index contributed by atoms with van der Waals surface area (Å²) in [6, 6.07) is 0.668. The number of halogens is 5. The lowest BCUT2D eigenvalue weighted by Crippen LogP contribution is -2.22. The third-order valence-corrected chi connectivity index (χ3v) is 1.80. The van der Waals surface area contributed by atoms with Crippen molar-refractivity contribution in [3.05, 3.63) is 35.1 Å². The zero-order chi connectivity index (χ0) is 11.8. The summed E-state index contributed by atoms with van der Waals surface area (Å²) in [5.41, 5.74) is -0.709. The minimum atomic E-state index is -3.56. The molecular formula is C9H7F5O. The Labute approximate surface area is 82.1 Å². The summed E-state index contributed by atoms with van der Waals surface area (Å²) in [4.78, 5) is 0. The highest BCUT2D eigenvalue weighted by atomic mass is 19.3. The Morgan fingerprint density at radius 1 is 1.13 bits per heavy atom. The van der Waals surface area contributed by atoms with Gasteiger partial charge in [0.25, 0.3) is 5.92 Å². The van der Waals surface area contributed by atoms with Crippen molar-refractivity contribution in [2.75, 3.05) is 0 Å². The van der Waals surface area contributed by atoms with Gasteiger partial charge in [0.15, 0.2) is 17.5 Å². The van der Waals surface area contributed by atoms with Gasteiger partial charge in [-0.25, -0.2) is 22.0 Å². The maximum absolute atomic E-state index is 12.6. The molecule has 0 aliphatic heterocycles. The molecule has 1 atom stereocenters. The van der Waals surface area contributed by atoms with E-state index >= 15 is 0 Å². The highest BCUT2D eigenvalue weighted by Gasteiger charge is 2.34. The fraction of sp³-hybridized carbons (Fsp3) is 0.333. The van der Waals surface area contributed by atoms with Crippen molar-refractivity contribution in [1.82, 2.24) is 0 Å². The van der Waals surface area contributed by atoms with Crippen LogP contribution in [0.2, 0.25) is 0 Å². The Hall–Kier alpha value is -1.17. The van der Waals surface area contributed by atoms with Gasteiger partial charge in [0.1, 0.15) is 6.10 Å². The van der Waals surface area contributed by atoms with E-state index < -0.39 is 35.0 Å². The molecule has 0 bridgehead atoms. The highest BCUT2D eigenvalue weighted by molar-refractivity contribution is 5.22. The summed E-state index contributed by atoms with van der Waals surface area (Å²) < 4.78 is 62.8. The first-order valence-corrected chi connectivity index (χ1v) is 3.94. The van der Waals surface area contributed by atoms with Crippen LogP contribution in [0.4, 0.5) is 22.0 Å². The predicted molar refractivity (Wildman–Crippen MR) is 41.9 cm³/mol. The highest BCUT2D eigenvalue weighted by Crippen LogP contribution is 2.31. The average molecular weight is 226 g/mol. The monoisotopic (exact) mass is 226 g/mol. The molecule has 0 aliphatic rings. The zero-order valence-electron chi connectivity index (χ0n) is 7.57. The topological polar surface area (TPSA) is 20.2 Å². The molecule has 0 spiro atoms. The molecule has 1 aromatic rings. The van der Waals surface area contributed by atoms with Gasteiger partial charge in [-0.15, -0.1) is 0 Å². The number of benzene rings is 1. The molecule has 0 saturated heterocycles. The van der Waals surface area contributed by atoms with Crippen LogP contribution in [0.15, 0.2) is 12.1 Å². The molecular weight excluding hydrogens is 219 g/mol. The first-order valence-electron chi connectivity index (χ1n) is 3.94. The molecule has 84 valence electrons. The van der Waals surface area contributed by atoms with Gasteiger partial charge in [-0.2, -0.15) is 0 Å². The van der Waals surface area contributed by atoms with Crippen LogP contribution >= 0.6 is 0 Å². The molecule has 0 aliphatic carbocycles. The van der Waals surface area contributed by atoms with E-state index in [0.717, 1.165) is 0 Å². The minimum Gasteiger partial charge on any atom is -0.382 e. The van der Waals surface area contributed by atoms with E-state index in [4.69, 9.17) is 5.11 Å². The van der Waals surface area contributed by atoms with Crippen LogP contribution in [0, 0.1) is 17.5 Å². The molecule has 0 fully saturated rings. The van der Waals surface area contributed by atoms with Gasteiger partial charge >= 0.3 is 0 Å². The number of aliphatic hydroxyl groups is 1. The van der Waals surface area contributed by atoms with E-state index in [9.17, 15) is 22.0 Å². The lowest BCUT2D eigenvalue weighted by molar-refractivity contribution is -0.0956. The first kappa shape index (κ1) is 11.9. The second-order valence-corrected chi connectivity index (χ2v) is 3.16. The van der Waals surface area contributed by atoms with Crippen molar-refractivity contribution in [2.45, 2.75) is 19.0 Å². The van der Waals surface area contributed by atoms with Crippen LogP contribution in [0.25, 0.3) is 0 Å². The van der Waals surface area contributed by atoms with Crippen molar-refractivity contribution in [2.24, 2.45) is 0 Å². The number of alkyl halides is 2. The van der Waals surface area contributed by atoms with Crippen molar-refractivity contribution < 1.29 is 27.1 Å². The average Bonchev–Trinajstić information content (AvgIpc) is 2.10. The lowest BCUT2D eigenvalue weighted by Gasteiger charge is -2.18. The van der Waals surface area contributed by atoms with E-state index in [1.54, 1.807) is 0 Å². The van der Waals surface area contributed by atoms with Gasteiger partial charge in [-0.05, 0) is 17.7 Å². The largest absolute Gasteiger partial charge is 0.382 e. The predicted octanol–water partition coefficient (Wildman–Crippen LogP) is 2.79. The second kappa shape index (κ2) is 3.77. The van der Waals surface area contributed by atoms with Crippen LogP contribution in [0.3, 0.4) is 0 Å². The van der Waals surface area contributed by atoms with Gasteiger partial charge < -0.3 is 5.11 Å².